The summed E-state index contributed by atoms with van der Waals surface area (Å²) in [5, 5.41) is 4.32. The van der Waals surface area contributed by atoms with Crippen molar-refractivity contribution in [3.05, 3.63) is 87.9 Å². The van der Waals surface area contributed by atoms with E-state index in [-0.39, 0.29) is 17.9 Å². The van der Waals surface area contributed by atoms with Crippen LogP contribution in [0.2, 0.25) is 10.0 Å². The number of carbonyl (C=O) groups excluding carboxylic acids is 2. The molecule has 0 atom stereocenters. The fourth-order valence-electron chi connectivity index (χ4n) is 4.52. The number of carbonyl (C=O) groups is 2. The Morgan fingerprint density at radius 1 is 1.03 bits per heavy atom. The van der Waals surface area contributed by atoms with Crippen molar-refractivity contribution in [2.75, 3.05) is 19.6 Å². The van der Waals surface area contributed by atoms with Crippen LogP contribution in [0.1, 0.15) is 29.7 Å². The van der Waals surface area contributed by atoms with Gasteiger partial charge < -0.3 is 19.7 Å². The van der Waals surface area contributed by atoms with Gasteiger partial charge in [-0.15, -0.1) is 0 Å². The maximum absolute atomic E-state index is 13.6. The van der Waals surface area contributed by atoms with Crippen LogP contribution in [0.25, 0.3) is 0 Å². The zero-order chi connectivity index (χ0) is 25.5. The average Bonchev–Trinajstić information content (AvgIpc) is 3.28. The summed E-state index contributed by atoms with van der Waals surface area (Å²) in [6.07, 6.45) is 5.60. The van der Waals surface area contributed by atoms with Gasteiger partial charge in [-0.2, -0.15) is 0 Å². The number of benzene rings is 2. The molecule has 1 aromatic heterocycles. The molecule has 1 N–H and O–H groups in total. The molecule has 7 nitrogen and oxygen atoms in total. The third kappa shape index (κ3) is 7.02. The number of nitrogens with zero attached hydrogens (tertiary/aromatic N) is 4. The predicted octanol–water partition coefficient (Wildman–Crippen LogP) is 4.92. The van der Waals surface area contributed by atoms with E-state index < -0.39 is 0 Å². The van der Waals surface area contributed by atoms with Crippen LogP contribution in [0, 0.1) is 5.92 Å². The Bertz CT molecular complexity index is 1140. The fourth-order valence-corrected chi connectivity index (χ4v) is 4.94. The Hall–Kier alpha value is -3.03. The standard InChI is InChI=1S/C27H31Cl2N5O2/c1-32-19-30-16-25(32)8-11-31-26(35)22-9-12-33(13-10-22)27(36)34(17-20-4-2-6-23(28)14-20)18-21-5-3-7-24(29)15-21/h2-7,14-16,19,22H,8-13,17-18H2,1H3,(H,31,35). The van der Waals surface area contributed by atoms with Gasteiger partial charge in [0.25, 0.3) is 0 Å². The highest BCUT2D eigenvalue weighted by Gasteiger charge is 2.29. The predicted molar refractivity (Wildman–Crippen MR) is 142 cm³/mol. The monoisotopic (exact) mass is 527 g/mol. The molecular weight excluding hydrogens is 497 g/mol. The van der Waals surface area contributed by atoms with E-state index in [0.717, 1.165) is 23.2 Å². The average molecular weight is 528 g/mol. The molecule has 9 heteroatoms. The van der Waals surface area contributed by atoms with Gasteiger partial charge in [0, 0.05) is 74.0 Å². The number of rotatable bonds is 8. The van der Waals surface area contributed by atoms with Gasteiger partial charge in [-0.1, -0.05) is 47.5 Å². The number of hydrogen-bond acceptors (Lipinski definition) is 3. The van der Waals surface area contributed by atoms with Gasteiger partial charge in [-0.05, 0) is 48.2 Å². The molecule has 3 amide bonds. The number of hydrogen-bond donors (Lipinski definition) is 1. The van der Waals surface area contributed by atoms with Gasteiger partial charge in [-0.3, -0.25) is 4.79 Å². The van der Waals surface area contributed by atoms with E-state index in [1.165, 1.54) is 0 Å². The SMILES string of the molecule is Cn1cncc1CCNC(=O)C1CCN(C(=O)N(Cc2cccc(Cl)c2)Cc2cccc(Cl)c2)CC1. The van der Waals surface area contributed by atoms with Crippen molar-refractivity contribution in [1.82, 2.24) is 24.7 Å². The van der Waals surface area contributed by atoms with Crippen molar-refractivity contribution in [3.8, 4) is 0 Å². The second-order valence-corrected chi connectivity index (χ2v) is 10.1. The lowest BCUT2D eigenvalue weighted by atomic mass is 9.96. The second kappa shape index (κ2) is 12.3. The maximum Gasteiger partial charge on any atom is 0.320 e. The number of piperidine rings is 1. The fraction of sp³-hybridized carbons (Fsp3) is 0.370. The molecule has 2 heterocycles. The highest BCUT2D eigenvalue weighted by Crippen LogP contribution is 2.22. The second-order valence-electron chi connectivity index (χ2n) is 9.20. The van der Waals surface area contributed by atoms with Gasteiger partial charge in [0.15, 0.2) is 0 Å². The number of halogens is 2. The highest BCUT2D eigenvalue weighted by molar-refractivity contribution is 6.30. The normalized spacial score (nSPS) is 14.0. The molecule has 0 saturated carbocycles. The number of aryl methyl sites for hydroxylation is 1. The smallest absolute Gasteiger partial charge is 0.320 e. The van der Waals surface area contributed by atoms with E-state index in [4.69, 9.17) is 23.2 Å². The summed E-state index contributed by atoms with van der Waals surface area (Å²) in [5.74, 6) is -0.0334. The molecule has 0 aliphatic carbocycles. The Kier molecular flexibility index (Phi) is 8.88. The number of aromatic nitrogens is 2. The summed E-state index contributed by atoms with van der Waals surface area (Å²) in [5.41, 5.74) is 3.00. The number of amides is 3. The molecule has 0 radical (unpaired) electrons. The summed E-state index contributed by atoms with van der Waals surface area (Å²) in [6.45, 7) is 2.52. The van der Waals surface area contributed by atoms with E-state index in [1.807, 2.05) is 76.1 Å². The molecule has 2 aromatic carbocycles. The minimum Gasteiger partial charge on any atom is -0.355 e. The Morgan fingerprint density at radius 2 is 1.64 bits per heavy atom. The van der Waals surface area contributed by atoms with Crippen LogP contribution in [0.3, 0.4) is 0 Å². The summed E-state index contributed by atoms with van der Waals surface area (Å²) >= 11 is 12.4. The van der Waals surface area contributed by atoms with Crippen molar-refractivity contribution in [3.63, 3.8) is 0 Å². The van der Waals surface area contributed by atoms with Crippen molar-refractivity contribution >= 4 is 35.1 Å². The molecule has 4 rings (SSSR count). The van der Waals surface area contributed by atoms with Crippen LogP contribution in [0.15, 0.2) is 61.1 Å². The number of urea groups is 1. The van der Waals surface area contributed by atoms with Crippen LogP contribution < -0.4 is 5.32 Å². The first kappa shape index (κ1) is 26.0. The summed E-state index contributed by atoms with van der Waals surface area (Å²) in [7, 11) is 1.94. The molecule has 0 unspecified atom stereocenters. The van der Waals surface area contributed by atoms with Gasteiger partial charge in [-0.25, -0.2) is 9.78 Å². The lowest BCUT2D eigenvalue weighted by Crippen LogP contribution is -2.48. The maximum atomic E-state index is 13.6. The zero-order valence-corrected chi connectivity index (χ0v) is 21.9. The third-order valence-corrected chi connectivity index (χ3v) is 7.00. The van der Waals surface area contributed by atoms with Gasteiger partial charge in [0.05, 0.1) is 6.33 Å². The molecule has 3 aromatic rings. The lowest BCUT2D eigenvalue weighted by Gasteiger charge is -2.35. The third-order valence-electron chi connectivity index (χ3n) is 6.53. The summed E-state index contributed by atoms with van der Waals surface area (Å²) < 4.78 is 1.95. The van der Waals surface area contributed by atoms with Crippen molar-refractivity contribution in [1.29, 1.82) is 0 Å². The summed E-state index contributed by atoms with van der Waals surface area (Å²) in [4.78, 5) is 34.0. The van der Waals surface area contributed by atoms with E-state index >= 15 is 0 Å². The molecule has 1 fully saturated rings. The van der Waals surface area contributed by atoms with Crippen molar-refractivity contribution < 1.29 is 9.59 Å². The van der Waals surface area contributed by atoms with Crippen LogP contribution >= 0.6 is 23.2 Å². The Morgan fingerprint density at radius 3 is 2.17 bits per heavy atom. The molecule has 190 valence electrons. The zero-order valence-electron chi connectivity index (χ0n) is 20.4. The van der Waals surface area contributed by atoms with E-state index in [1.54, 1.807) is 6.33 Å². The van der Waals surface area contributed by atoms with Crippen molar-refractivity contribution in [2.24, 2.45) is 13.0 Å². The first-order valence-corrected chi connectivity index (χ1v) is 12.9. The number of imidazole rings is 1. The summed E-state index contributed by atoms with van der Waals surface area (Å²) in [6, 6.07) is 15.0. The van der Waals surface area contributed by atoms with Crippen LogP contribution in [-0.4, -0.2) is 50.9 Å². The first-order valence-electron chi connectivity index (χ1n) is 12.1. The lowest BCUT2D eigenvalue weighted by molar-refractivity contribution is -0.126. The molecule has 36 heavy (non-hydrogen) atoms. The molecule has 1 saturated heterocycles. The molecule has 0 bridgehead atoms. The van der Waals surface area contributed by atoms with Crippen LogP contribution in [-0.2, 0) is 31.4 Å². The van der Waals surface area contributed by atoms with E-state index in [2.05, 4.69) is 10.3 Å². The van der Waals surface area contributed by atoms with E-state index in [0.29, 0.717) is 55.6 Å². The minimum absolute atomic E-state index is 0.0509. The minimum atomic E-state index is -0.0881. The van der Waals surface area contributed by atoms with Crippen molar-refractivity contribution in [2.45, 2.75) is 32.4 Å². The van der Waals surface area contributed by atoms with Crippen LogP contribution in [0.4, 0.5) is 4.79 Å². The largest absolute Gasteiger partial charge is 0.355 e. The number of nitrogens with one attached hydrogen (secondary N) is 1. The highest BCUT2D eigenvalue weighted by atomic mass is 35.5. The molecule has 1 aliphatic heterocycles. The van der Waals surface area contributed by atoms with Gasteiger partial charge >= 0.3 is 6.03 Å². The quantitative estimate of drug-likeness (QED) is 0.451. The van der Waals surface area contributed by atoms with Gasteiger partial charge in [0.1, 0.15) is 0 Å². The van der Waals surface area contributed by atoms with Crippen LogP contribution in [0.5, 0.6) is 0 Å². The Balaban J connectivity index is 1.34. The Labute approximate surface area is 222 Å². The first-order chi connectivity index (χ1) is 17.4. The molecule has 1 aliphatic rings. The number of likely N-dealkylation sites (tertiary alicyclic amines) is 1. The van der Waals surface area contributed by atoms with Gasteiger partial charge in [0.2, 0.25) is 5.91 Å². The molecule has 0 spiro atoms. The molecular formula is C27H31Cl2N5O2. The topological polar surface area (TPSA) is 70.5 Å². The van der Waals surface area contributed by atoms with E-state index in [9.17, 15) is 9.59 Å².